The summed E-state index contributed by atoms with van der Waals surface area (Å²) in [6, 6.07) is 0. The highest BCUT2D eigenvalue weighted by Crippen LogP contribution is 2.53. The minimum Gasteiger partial charge on any atom is -0.458 e. The fourth-order valence-electron chi connectivity index (χ4n) is 5.46. The highest BCUT2D eigenvalue weighted by molar-refractivity contribution is 5.78. The van der Waals surface area contributed by atoms with Crippen LogP contribution in [0.1, 0.15) is 87.0 Å². The number of nitrogens with one attached hydrogen (secondary N) is 1. The normalized spacial score (nSPS) is 34.4. The zero-order chi connectivity index (χ0) is 19.8. The van der Waals surface area contributed by atoms with Crippen molar-refractivity contribution in [3.63, 3.8) is 0 Å². The largest absolute Gasteiger partial charge is 0.458 e. The molecule has 2 rings (SSSR count). The third-order valence-electron chi connectivity index (χ3n) is 8.01. The molecule has 0 aromatic heterocycles. The van der Waals surface area contributed by atoms with Gasteiger partial charge in [-0.05, 0) is 75.2 Å². The Hall–Kier alpha value is -0.570. The Bertz CT molecular complexity index is 495. The van der Waals surface area contributed by atoms with Gasteiger partial charge in [0.1, 0.15) is 5.60 Å². The second kappa shape index (κ2) is 7.81. The summed E-state index contributed by atoms with van der Waals surface area (Å²) in [6.45, 7) is 16.0. The van der Waals surface area contributed by atoms with E-state index in [1.807, 2.05) is 7.05 Å². The van der Waals surface area contributed by atoms with Crippen LogP contribution in [0.2, 0.25) is 0 Å². The number of ether oxygens (including phenoxy) is 1. The quantitative estimate of drug-likeness (QED) is 0.638. The van der Waals surface area contributed by atoms with Crippen molar-refractivity contribution in [2.45, 2.75) is 92.6 Å². The molecule has 2 aliphatic carbocycles. The second-order valence-electron chi connectivity index (χ2n) is 10.7. The van der Waals surface area contributed by atoms with Crippen molar-refractivity contribution in [3.05, 3.63) is 0 Å². The first-order valence-corrected chi connectivity index (χ1v) is 10.9. The van der Waals surface area contributed by atoms with E-state index in [0.29, 0.717) is 18.4 Å². The van der Waals surface area contributed by atoms with Gasteiger partial charge < -0.3 is 10.1 Å². The Morgan fingerprint density at radius 1 is 1.19 bits per heavy atom. The van der Waals surface area contributed by atoms with Crippen LogP contribution in [0.5, 0.6) is 0 Å². The van der Waals surface area contributed by atoms with E-state index in [1.54, 1.807) is 0 Å². The molecule has 152 valence electrons. The lowest BCUT2D eigenvalue weighted by atomic mass is 9.58. The van der Waals surface area contributed by atoms with Crippen LogP contribution in [0.3, 0.4) is 0 Å². The molecule has 0 heterocycles. The maximum Gasteiger partial charge on any atom is 0.314 e. The molecule has 5 atom stereocenters. The van der Waals surface area contributed by atoms with Crippen molar-refractivity contribution in [1.29, 1.82) is 0 Å². The van der Waals surface area contributed by atoms with Crippen LogP contribution in [0, 0.1) is 34.5 Å². The van der Waals surface area contributed by atoms with Crippen LogP contribution in [0.25, 0.3) is 0 Å². The smallest absolute Gasteiger partial charge is 0.314 e. The Morgan fingerprint density at radius 2 is 1.85 bits per heavy atom. The van der Waals surface area contributed by atoms with E-state index in [-0.39, 0.29) is 17.0 Å². The lowest BCUT2D eigenvalue weighted by Gasteiger charge is -2.54. The second-order valence-corrected chi connectivity index (χ2v) is 10.7. The fraction of sp³-hybridized carbons (Fsp3) is 0.957. The monoisotopic (exact) mass is 365 g/mol. The number of carbonyl (C=O) groups is 1. The summed E-state index contributed by atoms with van der Waals surface area (Å²) >= 11 is 0. The van der Waals surface area contributed by atoms with Crippen LogP contribution < -0.4 is 5.32 Å². The summed E-state index contributed by atoms with van der Waals surface area (Å²) in [7, 11) is 1.92. The van der Waals surface area contributed by atoms with E-state index in [9.17, 15) is 4.79 Å². The van der Waals surface area contributed by atoms with Crippen molar-refractivity contribution in [2.75, 3.05) is 13.6 Å². The standard InChI is InChI=1S/C23H43NO2/c1-9-17-12-18-10-11-23(16(2)3,19(13-17)14-18)26-20(25)22(7,15-24-8)21(4,5)6/h16-19,24H,9-15H2,1-8H3. The van der Waals surface area contributed by atoms with Crippen molar-refractivity contribution in [3.8, 4) is 0 Å². The molecule has 5 unspecified atom stereocenters. The van der Waals surface area contributed by atoms with Crippen LogP contribution in [0.4, 0.5) is 0 Å². The molecule has 0 radical (unpaired) electrons. The highest BCUT2D eigenvalue weighted by Gasteiger charge is 2.54. The first-order chi connectivity index (χ1) is 12.0. The van der Waals surface area contributed by atoms with E-state index in [2.05, 4.69) is 53.8 Å². The molecule has 0 spiro atoms. The van der Waals surface area contributed by atoms with Crippen molar-refractivity contribution < 1.29 is 9.53 Å². The third-order valence-corrected chi connectivity index (χ3v) is 8.01. The summed E-state index contributed by atoms with van der Waals surface area (Å²) in [5.41, 5.74) is -0.956. The number of esters is 1. The molecule has 2 saturated carbocycles. The number of hydrogen-bond donors (Lipinski definition) is 1. The lowest BCUT2D eigenvalue weighted by Crippen LogP contribution is -2.57. The Labute approximate surface area is 162 Å². The maximum absolute atomic E-state index is 13.5. The first kappa shape index (κ1) is 21.7. The molecule has 0 amide bonds. The molecule has 3 heteroatoms. The molecule has 0 aliphatic heterocycles. The number of hydrogen-bond acceptors (Lipinski definition) is 3. The molecule has 2 fully saturated rings. The van der Waals surface area contributed by atoms with Gasteiger partial charge in [0, 0.05) is 6.54 Å². The van der Waals surface area contributed by atoms with Gasteiger partial charge in [-0.3, -0.25) is 4.79 Å². The number of rotatable bonds is 6. The zero-order valence-corrected chi connectivity index (χ0v) is 18.6. The van der Waals surface area contributed by atoms with Gasteiger partial charge in [-0.25, -0.2) is 0 Å². The average Bonchev–Trinajstić information content (AvgIpc) is 2.56. The first-order valence-electron chi connectivity index (χ1n) is 10.9. The number of fused-ring (bicyclic) bond motifs is 2. The maximum atomic E-state index is 13.5. The summed E-state index contributed by atoms with van der Waals surface area (Å²) in [4.78, 5) is 13.5. The summed E-state index contributed by atoms with van der Waals surface area (Å²) < 4.78 is 6.58. The zero-order valence-electron chi connectivity index (χ0n) is 18.6. The summed E-state index contributed by atoms with van der Waals surface area (Å²) in [6.07, 6.45) is 7.39. The van der Waals surface area contributed by atoms with Crippen LogP contribution >= 0.6 is 0 Å². The van der Waals surface area contributed by atoms with E-state index < -0.39 is 5.41 Å². The van der Waals surface area contributed by atoms with Gasteiger partial charge in [-0.2, -0.15) is 0 Å². The van der Waals surface area contributed by atoms with Gasteiger partial charge in [-0.15, -0.1) is 0 Å². The number of carbonyl (C=O) groups excluding carboxylic acids is 1. The van der Waals surface area contributed by atoms with Gasteiger partial charge in [0.15, 0.2) is 0 Å². The van der Waals surface area contributed by atoms with E-state index in [4.69, 9.17) is 4.74 Å². The predicted octanol–water partition coefficient (Wildman–Crippen LogP) is 5.43. The van der Waals surface area contributed by atoms with Crippen molar-refractivity contribution in [1.82, 2.24) is 5.32 Å². The Balaban J connectivity index is 2.31. The Kier molecular flexibility index (Phi) is 6.53. The molecule has 0 aromatic rings. The molecule has 3 nitrogen and oxygen atoms in total. The molecule has 1 N–H and O–H groups in total. The van der Waals surface area contributed by atoms with Crippen molar-refractivity contribution in [2.24, 2.45) is 34.5 Å². The molecular weight excluding hydrogens is 322 g/mol. The molecular formula is C23H43NO2. The van der Waals surface area contributed by atoms with Crippen LogP contribution in [0.15, 0.2) is 0 Å². The van der Waals surface area contributed by atoms with E-state index in [1.165, 1.54) is 32.1 Å². The molecule has 26 heavy (non-hydrogen) atoms. The average molecular weight is 366 g/mol. The van der Waals surface area contributed by atoms with Gasteiger partial charge >= 0.3 is 5.97 Å². The van der Waals surface area contributed by atoms with E-state index in [0.717, 1.165) is 18.3 Å². The van der Waals surface area contributed by atoms with Gasteiger partial charge in [0.25, 0.3) is 0 Å². The van der Waals surface area contributed by atoms with Gasteiger partial charge in [0.05, 0.1) is 5.41 Å². The fourth-order valence-corrected chi connectivity index (χ4v) is 5.46. The molecule has 2 aliphatic rings. The Morgan fingerprint density at radius 3 is 2.35 bits per heavy atom. The van der Waals surface area contributed by atoms with Crippen LogP contribution in [-0.4, -0.2) is 25.2 Å². The molecule has 0 saturated heterocycles. The molecule has 2 bridgehead atoms. The van der Waals surface area contributed by atoms with Gasteiger partial charge in [-0.1, -0.05) is 48.0 Å². The minimum atomic E-state index is -0.528. The topological polar surface area (TPSA) is 38.3 Å². The third kappa shape index (κ3) is 3.84. The lowest BCUT2D eigenvalue weighted by molar-refractivity contribution is -0.203. The summed E-state index contributed by atoms with van der Waals surface area (Å²) in [5, 5.41) is 3.23. The predicted molar refractivity (Wildman–Crippen MR) is 109 cm³/mol. The summed E-state index contributed by atoms with van der Waals surface area (Å²) in [5.74, 6) is 2.54. The minimum absolute atomic E-state index is 0.00915. The van der Waals surface area contributed by atoms with Crippen molar-refractivity contribution >= 4 is 5.97 Å². The molecule has 0 aromatic carbocycles. The highest BCUT2D eigenvalue weighted by atomic mass is 16.6. The van der Waals surface area contributed by atoms with E-state index >= 15 is 0 Å². The van der Waals surface area contributed by atoms with Gasteiger partial charge in [0.2, 0.25) is 0 Å². The van der Waals surface area contributed by atoms with Crippen LogP contribution in [-0.2, 0) is 9.53 Å². The SMILES string of the molecule is CCC1CC2CCC(OC(=O)C(C)(CNC)C(C)(C)C)(C(C)C)C(C1)C2.